The van der Waals surface area contributed by atoms with Gasteiger partial charge in [-0.25, -0.2) is 0 Å². The van der Waals surface area contributed by atoms with E-state index in [1.54, 1.807) is 28.4 Å². The van der Waals surface area contributed by atoms with Crippen molar-refractivity contribution in [3.63, 3.8) is 0 Å². The van der Waals surface area contributed by atoms with Gasteiger partial charge in [0.1, 0.15) is 11.5 Å². The quantitative estimate of drug-likeness (QED) is 0.156. The first-order chi connectivity index (χ1) is 19.4. The Morgan fingerprint density at radius 1 is 0.548 bits per heavy atom. The van der Waals surface area contributed by atoms with Crippen molar-refractivity contribution in [3.8, 4) is 23.0 Å². The molecule has 0 radical (unpaired) electrons. The van der Waals surface area contributed by atoms with Gasteiger partial charge in [-0.2, -0.15) is 0 Å². The number of benzene rings is 2. The fraction of sp³-hybridized carbons (Fsp3) is 0.588. The van der Waals surface area contributed by atoms with Crippen LogP contribution in [0.2, 0.25) is 36.3 Å². The maximum atomic E-state index is 6.58. The lowest BCUT2D eigenvalue weighted by Crippen LogP contribution is -2.43. The zero-order chi connectivity index (χ0) is 31.9. The van der Waals surface area contributed by atoms with Gasteiger partial charge in [0, 0.05) is 14.2 Å². The van der Waals surface area contributed by atoms with Gasteiger partial charge in [0.25, 0.3) is 16.6 Å². The Balaban J connectivity index is 2.42. The van der Waals surface area contributed by atoms with Crippen LogP contribution in [0.5, 0.6) is 23.0 Å². The van der Waals surface area contributed by atoms with E-state index in [1.165, 1.54) is 11.1 Å². The second-order valence-electron chi connectivity index (χ2n) is 14.1. The van der Waals surface area contributed by atoms with Gasteiger partial charge in [-0.1, -0.05) is 53.7 Å². The molecule has 0 aliphatic heterocycles. The molecule has 2 aromatic rings. The molecular formula is C34H56O6Si2. The van der Waals surface area contributed by atoms with Crippen LogP contribution in [0.15, 0.2) is 47.5 Å². The van der Waals surface area contributed by atoms with Gasteiger partial charge in [-0.15, -0.1) is 0 Å². The van der Waals surface area contributed by atoms with E-state index in [0.29, 0.717) is 26.1 Å². The highest BCUT2D eigenvalue weighted by atomic mass is 28.4. The Bertz CT molecular complexity index is 1110. The summed E-state index contributed by atoms with van der Waals surface area (Å²) >= 11 is 0. The fourth-order valence-electron chi connectivity index (χ4n) is 4.07. The molecule has 8 heteroatoms. The van der Waals surface area contributed by atoms with Gasteiger partial charge in [0.2, 0.25) is 0 Å². The Morgan fingerprint density at radius 3 is 1.14 bits per heavy atom. The Hall–Kier alpha value is -2.27. The van der Waals surface area contributed by atoms with Crippen molar-refractivity contribution in [1.29, 1.82) is 0 Å². The number of hydrogen-bond donors (Lipinski definition) is 0. The molecule has 2 rings (SSSR count). The average molecular weight is 617 g/mol. The molecule has 0 heterocycles. The molecule has 0 aromatic heterocycles. The summed E-state index contributed by atoms with van der Waals surface area (Å²) in [6.45, 7) is 23.4. The summed E-state index contributed by atoms with van der Waals surface area (Å²) in [5.41, 5.74) is 4.62. The molecule has 0 unspecified atom stereocenters. The molecule has 0 spiro atoms. The lowest BCUT2D eigenvalue weighted by atomic mass is 9.95. The van der Waals surface area contributed by atoms with Crippen molar-refractivity contribution in [2.24, 2.45) is 0 Å². The van der Waals surface area contributed by atoms with E-state index in [0.717, 1.165) is 34.1 Å². The molecule has 236 valence electrons. The maximum absolute atomic E-state index is 6.58. The summed E-state index contributed by atoms with van der Waals surface area (Å²) in [6.07, 6.45) is 1.43. The van der Waals surface area contributed by atoms with Gasteiger partial charge < -0.3 is 27.8 Å². The van der Waals surface area contributed by atoms with Gasteiger partial charge in [-0.3, -0.25) is 0 Å². The average Bonchev–Trinajstić information content (AvgIpc) is 2.88. The molecule has 42 heavy (non-hydrogen) atoms. The summed E-state index contributed by atoms with van der Waals surface area (Å²) in [5.74, 6) is 3.11. The lowest BCUT2D eigenvalue weighted by Gasteiger charge is -2.36. The van der Waals surface area contributed by atoms with E-state index in [-0.39, 0.29) is 10.1 Å². The highest BCUT2D eigenvalue weighted by Gasteiger charge is 2.40. The van der Waals surface area contributed by atoms with Crippen LogP contribution in [0.4, 0.5) is 0 Å². The molecular weight excluding hydrogens is 561 g/mol. The van der Waals surface area contributed by atoms with Gasteiger partial charge in [0.15, 0.2) is 11.5 Å². The molecule has 0 fully saturated rings. The third-order valence-corrected chi connectivity index (χ3v) is 17.5. The van der Waals surface area contributed by atoms with Crippen molar-refractivity contribution in [3.05, 3.63) is 58.7 Å². The largest absolute Gasteiger partial charge is 0.541 e. The van der Waals surface area contributed by atoms with Crippen molar-refractivity contribution in [2.75, 3.05) is 41.7 Å². The van der Waals surface area contributed by atoms with E-state index < -0.39 is 16.6 Å². The topological polar surface area (TPSA) is 55.4 Å². The maximum Gasteiger partial charge on any atom is 0.250 e. The molecule has 0 atom stereocenters. The van der Waals surface area contributed by atoms with Crippen LogP contribution in [-0.4, -0.2) is 58.3 Å². The second kappa shape index (κ2) is 14.5. The zero-order valence-electron chi connectivity index (χ0n) is 28.7. The van der Waals surface area contributed by atoms with Crippen molar-refractivity contribution < 1.29 is 27.8 Å². The second-order valence-corrected chi connectivity index (χ2v) is 23.6. The Labute approximate surface area is 258 Å². The summed E-state index contributed by atoms with van der Waals surface area (Å²) in [4.78, 5) is 0. The minimum atomic E-state index is -2.01. The van der Waals surface area contributed by atoms with E-state index in [9.17, 15) is 0 Å². The van der Waals surface area contributed by atoms with Gasteiger partial charge in [0.05, 0.1) is 27.4 Å². The molecule has 2 aromatic carbocycles. The number of ether oxygens (including phenoxy) is 4. The van der Waals surface area contributed by atoms with Crippen LogP contribution in [0.3, 0.4) is 0 Å². The van der Waals surface area contributed by atoms with E-state index in [1.807, 2.05) is 12.1 Å². The minimum absolute atomic E-state index is 0.0951. The van der Waals surface area contributed by atoms with Crippen LogP contribution in [0, 0.1) is 0 Å². The lowest BCUT2D eigenvalue weighted by molar-refractivity contribution is 0.208. The summed E-state index contributed by atoms with van der Waals surface area (Å²) in [5, 5.41) is 0.190. The highest BCUT2D eigenvalue weighted by Crippen LogP contribution is 2.42. The Morgan fingerprint density at radius 2 is 0.881 bits per heavy atom. The van der Waals surface area contributed by atoms with Gasteiger partial charge in [-0.05, 0) is 95.6 Å². The third kappa shape index (κ3) is 9.37. The molecule has 0 bridgehead atoms. The first-order valence-corrected chi connectivity index (χ1v) is 20.6. The first-order valence-electron chi connectivity index (χ1n) is 14.8. The standard InChI is InChI=1S/C34H56O6Si2/c1-33(2,3)41(11,12)39-29-17-15-25(21-31(29)37-9)19-27(23-35-7)28(24-36-8)20-26-16-18-30(32(22-26)38-10)40-42(13,14)34(4,5)6/h15-18,21-22H,19-20,23-24H2,1-14H3/b28-27-. The fourth-order valence-corrected chi connectivity index (χ4v) is 6.12. The normalized spacial score (nSPS) is 13.5. The molecule has 0 saturated heterocycles. The van der Waals surface area contributed by atoms with Crippen LogP contribution < -0.4 is 18.3 Å². The van der Waals surface area contributed by atoms with Crippen LogP contribution >= 0.6 is 0 Å². The van der Waals surface area contributed by atoms with E-state index in [4.69, 9.17) is 27.8 Å². The monoisotopic (exact) mass is 616 g/mol. The van der Waals surface area contributed by atoms with E-state index in [2.05, 4.69) is 92.0 Å². The third-order valence-electron chi connectivity index (χ3n) is 8.77. The molecule has 0 aliphatic rings. The van der Waals surface area contributed by atoms with Crippen molar-refractivity contribution in [2.45, 2.75) is 90.6 Å². The highest BCUT2D eigenvalue weighted by molar-refractivity contribution is 6.75. The smallest absolute Gasteiger partial charge is 0.250 e. The first kappa shape index (κ1) is 35.9. The SMILES string of the molecule is COC/C(Cc1ccc(O[Si](C)(C)C(C)(C)C)c(OC)c1)=C(\COC)Cc1ccc(O[Si](C)(C)C(C)(C)C)c(OC)c1. The number of methoxy groups -OCH3 is 4. The number of hydrogen-bond acceptors (Lipinski definition) is 6. The minimum Gasteiger partial charge on any atom is -0.541 e. The number of rotatable bonds is 14. The predicted molar refractivity (Wildman–Crippen MR) is 180 cm³/mol. The van der Waals surface area contributed by atoms with Gasteiger partial charge >= 0.3 is 0 Å². The summed E-state index contributed by atoms with van der Waals surface area (Å²) in [7, 11) is 2.86. The van der Waals surface area contributed by atoms with Crippen LogP contribution in [0.1, 0.15) is 52.7 Å². The molecule has 6 nitrogen and oxygen atoms in total. The van der Waals surface area contributed by atoms with Crippen molar-refractivity contribution in [1.82, 2.24) is 0 Å². The summed E-state index contributed by atoms with van der Waals surface area (Å²) < 4.78 is 36.1. The van der Waals surface area contributed by atoms with Crippen LogP contribution in [0.25, 0.3) is 0 Å². The molecule has 0 saturated carbocycles. The van der Waals surface area contributed by atoms with E-state index >= 15 is 0 Å². The van der Waals surface area contributed by atoms with Crippen LogP contribution in [-0.2, 0) is 22.3 Å². The predicted octanol–water partition coefficient (Wildman–Crippen LogP) is 8.85. The van der Waals surface area contributed by atoms with Crippen molar-refractivity contribution >= 4 is 16.6 Å². The Kier molecular flexibility index (Phi) is 12.4. The summed E-state index contributed by atoms with van der Waals surface area (Å²) in [6, 6.07) is 12.5. The molecule has 0 N–H and O–H groups in total. The molecule has 0 amide bonds. The molecule has 0 aliphatic carbocycles. The zero-order valence-corrected chi connectivity index (χ0v) is 30.7.